The molecule has 2 aromatic rings. The minimum Gasteiger partial charge on any atom is -0.504 e. The van der Waals surface area contributed by atoms with E-state index in [2.05, 4.69) is 0 Å². The Kier molecular flexibility index (Phi) is 9.35. The van der Waals surface area contributed by atoms with Crippen molar-refractivity contribution in [2.24, 2.45) is 0 Å². The largest absolute Gasteiger partial charge is 0.504 e. The Morgan fingerprint density at radius 1 is 0.897 bits per heavy atom. The van der Waals surface area contributed by atoms with E-state index in [1.54, 1.807) is 6.92 Å². The Morgan fingerprint density at radius 2 is 1.51 bits per heavy atom. The second-order valence-corrected chi connectivity index (χ2v) is 8.34. The maximum atomic E-state index is 12.3. The van der Waals surface area contributed by atoms with Crippen molar-refractivity contribution < 1.29 is 61.9 Å². The molecule has 1 aromatic heterocycles. The molecule has 2 heterocycles. The molecule has 0 spiro atoms. The summed E-state index contributed by atoms with van der Waals surface area (Å²) in [7, 11) is 0. The van der Waals surface area contributed by atoms with Gasteiger partial charge in [0.15, 0.2) is 18.0 Å². The highest BCUT2D eigenvalue weighted by molar-refractivity contribution is 5.86. The lowest BCUT2D eigenvalue weighted by Crippen LogP contribution is -2.63. The van der Waals surface area contributed by atoms with Gasteiger partial charge in [-0.3, -0.25) is 19.2 Å². The molecule has 0 unspecified atom stereocenters. The van der Waals surface area contributed by atoms with Crippen LogP contribution in [0.1, 0.15) is 34.6 Å². The smallest absolute Gasteiger partial charge is 0.383 e. The Balaban J connectivity index is 2.03. The van der Waals surface area contributed by atoms with Gasteiger partial charge >= 0.3 is 29.5 Å². The molecule has 212 valence electrons. The van der Waals surface area contributed by atoms with Gasteiger partial charge < -0.3 is 42.7 Å². The molecule has 1 saturated heterocycles. The summed E-state index contributed by atoms with van der Waals surface area (Å²) in [5, 5.41) is 10.6. The molecular formula is C25H28O14. The average Bonchev–Trinajstić information content (AvgIpc) is 2.83. The van der Waals surface area contributed by atoms with E-state index in [1.807, 2.05) is 0 Å². The average molecular weight is 552 g/mol. The van der Waals surface area contributed by atoms with Gasteiger partial charge in [0.1, 0.15) is 24.0 Å². The van der Waals surface area contributed by atoms with Crippen molar-refractivity contribution in [2.45, 2.75) is 65.3 Å². The molecule has 1 aromatic carbocycles. The van der Waals surface area contributed by atoms with Gasteiger partial charge in [-0.25, -0.2) is 4.79 Å². The number of rotatable bonds is 9. The van der Waals surface area contributed by atoms with Gasteiger partial charge in [0, 0.05) is 33.8 Å². The van der Waals surface area contributed by atoms with Crippen molar-refractivity contribution in [3.05, 3.63) is 28.6 Å². The highest BCUT2D eigenvalue weighted by Crippen LogP contribution is 2.35. The molecule has 0 saturated carbocycles. The van der Waals surface area contributed by atoms with E-state index < -0.39 is 72.6 Å². The molecule has 0 radical (unpaired) electrons. The summed E-state index contributed by atoms with van der Waals surface area (Å²) in [6.45, 7) is 5.76. The van der Waals surface area contributed by atoms with Gasteiger partial charge in [-0.15, -0.1) is 0 Å². The van der Waals surface area contributed by atoms with Gasteiger partial charge in [0.2, 0.25) is 18.1 Å². The van der Waals surface area contributed by atoms with Gasteiger partial charge in [-0.05, 0) is 19.1 Å². The minimum absolute atomic E-state index is 0.0232. The number of aromatic hydroxyl groups is 1. The Morgan fingerprint density at radius 3 is 2.10 bits per heavy atom. The van der Waals surface area contributed by atoms with Crippen molar-refractivity contribution in [2.75, 3.05) is 13.2 Å². The van der Waals surface area contributed by atoms with E-state index in [-0.39, 0.29) is 29.1 Å². The minimum atomic E-state index is -1.49. The normalized spacial score (nSPS) is 22.4. The van der Waals surface area contributed by atoms with Crippen LogP contribution in [0.2, 0.25) is 0 Å². The first-order chi connectivity index (χ1) is 18.4. The SMILES string of the molecule is CCOc1c(O)c2ccc(O[C@@H]3O[C@H](COC(C)=O)[C@H](OC(C)=O)[C@H](OC(C)=O)[C@H]3OC(C)=O)cc2oc1=O. The first-order valence-electron chi connectivity index (χ1n) is 11.8. The molecule has 0 amide bonds. The van der Waals surface area contributed by atoms with Crippen LogP contribution in [0.4, 0.5) is 0 Å². The van der Waals surface area contributed by atoms with Crippen LogP contribution in [0.15, 0.2) is 27.4 Å². The van der Waals surface area contributed by atoms with Crippen LogP contribution in [0.5, 0.6) is 17.2 Å². The fraction of sp³-hybridized carbons (Fsp3) is 0.480. The molecule has 3 rings (SSSR count). The maximum absolute atomic E-state index is 12.3. The van der Waals surface area contributed by atoms with Crippen LogP contribution in [0.3, 0.4) is 0 Å². The van der Waals surface area contributed by atoms with Crippen molar-refractivity contribution in [1.29, 1.82) is 0 Å². The summed E-state index contributed by atoms with van der Waals surface area (Å²) in [6.07, 6.45) is -6.94. The fourth-order valence-corrected chi connectivity index (χ4v) is 3.91. The molecule has 0 aliphatic carbocycles. The molecule has 0 bridgehead atoms. The second-order valence-electron chi connectivity index (χ2n) is 8.34. The van der Waals surface area contributed by atoms with Crippen molar-refractivity contribution >= 4 is 34.8 Å². The zero-order chi connectivity index (χ0) is 28.9. The van der Waals surface area contributed by atoms with Gasteiger partial charge in [0.05, 0.1) is 12.0 Å². The maximum Gasteiger partial charge on any atom is 0.383 e. The first-order valence-corrected chi connectivity index (χ1v) is 11.8. The Hall–Kier alpha value is -4.33. The lowest BCUT2D eigenvalue weighted by atomic mass is 9.98. The van der Waals surface area contributed by atoms with E-state index in [1.165, 1.54) is 18.2 Å². The fourth-order valence-electron chi connectivity index (χ4n) is 3.91. The number of esters is 4. The van der Waals surface area contributed by atoms with Crippen LogP contribution in [0, 0.1) is 0 Å². The number of carbonyl (C=O) groups excluding carboxylic acids is 4. The van der Waals surface area contributed by atoms with Crippen molar-refractivity contribution in [3.8, 4) is 17.2 Å². The van der Waals surface area contributed by atoms with Crippen LogP contribution in [0.25, 0.3) is 11.0 Å². The zero-order valence-electron chi connectivity index (χ0n) is 21.8. The molecule has 1 aliphatic rings. The summed E-state index contributed by atoms with van der Waals surface area (Å²) in [5.74, 6) is -3.79. The van der Waals surface area contributed by atoms with Gasteiger partial charge in [0.25, 0.3) is 0 Å². The quantitative estimate of drug-likeness (QED) is 0.267. The predicted molar refractivity (Wildman–Crippen MR) is 128 cm³/mol. The lowest BCUT2D eigenvalue weighted by molar-refractivity contribution is -0.288. The third-order valence-corrected chi connectivity index (χ3v) is 5.30. The van der Waals surface area contributed by atoms with Crippen LogP contribution < -0.4 is 15.1 Å². The third kappa shape index (κ3) is 7.16. The van der Waals surface area contributed by atoms with Gasteiger partial charge in [-0.2, -0.15) is 0 Å². The van der Waals surface area contributed by atoms with E-state index in [9.17, 15) is 29.1 Å². The topological polar surface area (TPSA) is 183 Å². The summed E-state index contributed by atoms with van der Waals surface area (Å²) in [5.41, 5.74) is -0.990. The molecule has 14 heteroatoms. The van der Waals surface area contributed by atoms with E-state index in [0.29, 0.717) is 0 Å². The van der Waals surface area contributed by atoms with E-state index in [0.717, 1.165) is 27.7 Å². The highest BCUT2D eigenvalue weighted by Gasteiger charge is 2.53. The number of fused-ring (bicyclic) bond motifs is 1. The summed E-state index contributed by atoms with van der Waals surface area (Å²) in [4.78, 5) is 59.5. The first kappa shape index (κ1) is 29.2. The summed E-state index contributed by atoms with van der Waals surface area (Å²) < 4.78 is 43.2. The molecular weight excluding hydrogens is 524 g/mol. The van der Waals surface area contributed by atoms with Gasteiger partial charge in [-0.1, -0.05) is 0 Å². The predicted octanol–water partition coefficient (Wildman–Crippen LogP) is 1.36. The standard InChI is InChI=1S/C25H28O14/c1-6-32-21-19(30)16-8-7-15(9-17(16)38-24(21)31)37-25-23(36-14(5)29)22(35-13(4)28)20(34-12(3)27)18(39-25)10-33-11(2)26/h7-9,18,20,22-23,25,30H,6,10H2,1-5H3/t18-,20+,22+,23-,25-/m1/s1. The van der Waals surface area contributed by atoms with Crippen LogP contribution >= 0.6 is 0 Å². The van der Waals surface area contributed by atoms with Crippen LogP contribution in [-0.2, 0) is 42.9 Å². The number of benzene rings is 1. The summed E-state index contributed by atoms with van der Waals surface area (Å²) in [6, 6.07) is 4.04. The Bertz CT molecular complexity index is 1300. The van der Waals surface area contributed by atoms with E-state index in [4.69, 9.17) is 37.6 Å². The number of hydrogen-bond donors (Lipinski definition) is 1. The molecule has 1 aliphatic heterocycles. The number of ether oxygens (including phenoxy) is 7. The third-order valence-electron chi connectivity index (χ3n) is 5.30. The van der Waals surface area contributed by atoms with Crippen molar-refractivity contribution in [1.82, 2.24) is 0 Å². The summed E-state index contributed by atoms with van der Waals surface area (Å²) >= 11 is 0. The molecule has 1 fully saturated rings. The van der Waals surface area contributed by atoms with Crippen LogP contribution in [-0.4, -0.2) is 72.9 Å². The van der Waals surface area contributed by atoms with Crippen molar-refractivity contribution in [3.63, 3.8) is 0 Å². The number of carbonyl (C=O) groups is 4. The zero-order valence-corrected chi connectivity index (χ0v) is 21.8. The highest BCUT2D eigenvalue weighted by atomic mass is 16.7. The molecule has 1 N–H and O–H groups in total. The molecule has 14 nitrogen and oxygen atoms in total. The number of hydrogen-bond acceptors (Lipinski definition) is 14. The molecule has 5 atom stereocenters. The van der Waals surface area contributed by atoms with E-state index >= 15 is 0 Å². The Labute approximate surface area is 221 Å². The lowest BCUT2D eigenvalue weighted by Gasteiger charge is -2.43. The second kappa shape index (κ2) is 12.5. The monoisotopic (exact) mass is 552 g/mol. The molecule has 39 heavy (non-hydrogen) atoms.